The molecule has 1 saturated heterocycles. The maximum Gasteiger partial charge on any atom is 0.328 e. The number of nitrogens with zero attached hydrogens (tertiary/aromatic N) is 1. The minimum atomic E-state index is -0.851. The number of nitrogens with one attached hydrogen (secondary N) is 1. The Morgan fingerprint density at radius 1 is 1.50 bits per heavy atom. The van der Waals surface area contributed by atoms with E-state index < -0.39 is 5.97 Å². The third kappa shape index (κ3) is 4.39. The Balaban J connectivity index is 2.37. The van der Waals surface area contributed by atoms with Gasteiger partial charge in [0.15, 0.2) is 0 Å². The van der Waals surface area contributed by atoms with E-state index in [9.17, 15) is 4.79 Å². The van der Waals surface area contributed by atoms with Gasteiger partial charge in [-0.05, 0) is 26.4 Å². The molecule has 1 fully saturated rings. The smallest absolute Gasteiger partial charge is 0.328 e. The van der Waals surface area contributed by atoms with Gasteiger partial charge in [-0.2, -0.15) is 0 Å². The summed E-state index contributed by atoms with van der Waals surface area (Å²) in [5.74, 6) is -0.851. The quantitative estimate of drug-likeness (QED) is 0.641. The van der Waals surface area contributed by atoms with Gasteiger partial charge in [0.05, 0.1) is 0 Å². The SMILES string of the molecule is C/C(=C\C(=O)O)CN1CCCNCC1. The maximum atomic E-state index is 10.4. The van der Waals surface area contributed by atoms with Gasteiger partial charge in [-0.1, -0.05) is 5.57 Å². The lowest BCUT2D eigenvalue weighted by Crippen LogP contribution is -2.29. The Labute approximate surface area is 84.6 Å². The number of carboxylic acids is 1. The van der Waals surface area contributed by atoms with Gasteiger partial charge < -0.3 is 10.4 Å². The molecule has 0 aromatic rings. The summed E-state index contributed by atoms with van der Waals surface area (Å²) in [6.45, 7) is 6.77. The highest BCUT2D eigenvalue weighted by Gasteiger charge is 2.08. The van der Waals surface area contributed by atoms with Gasteiger partial charge in [0, 0.05) is 25.7 Å². The van der Waals surface area contributed by atoms with Gasteiger partial charge >= 0.3 is 5.97 Å². The fourth-order valence-electron chi connectivity index (χ4n) is 1.67. The molecule has 0 atom stereocenters. The molecule has 4 heteroatoms. The lowest BCUT2D eigenvalue weighted by molar-refractivity contribution is -0.131. The first-order chi connectivity index (χ1) is 6.68. The molecule has 0 aromatic heterocycles. The van der Waals surface area contributed by atoms with Crippen LogP contribution in [0.25, 0.3) is 0 Å². The van der Waals surface area contributed by atoms with Crippen molar-refractivity contribution >= 4 is 5.97 Å². The van der Waals surface area contributed by atoms with Crippen molar-refractivity contribution in [2.24, 2.45) is 0 Å². The molecule has 4 nitrogen and oxygen atoms in total. The van der Waals surface area contributed by atoms with Crippen molar-refractivity contribution in [2.45, 2.75) is 13.3 Å². The molecule has 1 rings (SSSR count). The third-order valence-electron chi connectivity index (χ3n) is 2.28. The number of rotatable bonds is 3. The summed E-state index contributed by atoms with van der Waals surface area (Å²) in [7, 11) is 0. The summed E-state index contributed by atoms with van der Waals surface area (Å²) < 4.78 is 0. The molecule has 0 bridgehead atoms. The molecule has 1 aliphatic heterocycles. The van der Waals surface area contributed by atoms with Crippen LogP contribution in [0, 0.1) is 0 Å². The molecule has 0 unspecified atom stereocenters. The highest BCUT2D eigenvalue weighted by Crippen LogP contribution is 2.01. The van der Waals surface area contributed by atoms with Gasteiger partial charge in [-0.3, -0.25) is 4.90 Å². The van der Waals surface area contributed by atoms with Crippen LogP contribution < -0.4 is 5.32 Å². The number of aliphatic carboxylic acids is 1. The predicted molar refractivity (Wildman–Crippen MR) is 55.3 cm³/mol. The van der Waals surface area contributed by atoms with Gasteiger partial charge in [0.25, 0.3) is 0 Å². The van der Waals surface area contributed by atoms with Crippen molar-refractivity contribution in [3.63, 3.8) is 0 Å². The van der Waals surface area contributed by atoms with E-state index in [2.05, 4.69) is 10.2 Å². The molecule has 0 aromatic carbocycles. The molecular formula is C10H18N2O2. The molecule has 2 N–H and O–H groups in total. The van der Waals surface area contributed by atoms with Crippen molar-refractivity contribution < 1.29 is 9.90 Å². The van der Waals surface area contributed by atoms with E-state index in [1.807, 2.05) is 6.92 Å². The molecule has 0 amide bonds. The number of carbonyl (C=O) groups is 1. The predicted octanol–water partition coefficient (Wildman–Crippen LogP) is 0.313. The van der Waals surface area contributed by atoms with E-state index >= 15 is 0 Å². The van der Waals surface area contributed by atoms with Crippen molar-refractivity contribution in [1.29, 1.82) is 0 Å². The molecular weight excluding hydrogens is 180 g/mol. The second kappa shape index (κ2) is 5.78. The van der Waals surface area contributed by atoms with Crippen LogP contribution in [0.2, 0.25) is 0 Å². The van der Waals surface area contributed by atoms with Crippen molar-refractivity contribution in [3.8, 4) is 0 Å². The lowest BCUT2D eigenvalue weighted by Gasteiger charge is -2.19. The summed E-state index contributed by atoms with van der Waals surface area (Å²) in [6.07, 6.45) is 2.43. The first-order valence-corrected chi connectivity index (χ1v) is 5.01. The average molecular weight is 198 g/mol. The third-order valence-corrected chi connectivity index (χ3v) is 2.28. The van der Waals surface area contributed by atoms with Crippen LogP contribution in [0.3, 0.4) is 0 Å². The van der Waals surface area contributed by atoms with Crippen LogP contribution in [-0.2, 0) is 4.79 Å². The molecule has 80 valence electrons. The summed E-state index contributed by atoms with van der Waals surface area (Å²) >= 11 is 0. The monoisotopic (exact) mass is 198 g/mol. The topological polar surface area (TPSA) is 52.6 Å². The molecule has 0 spiro atoms. The van der Waals surface area contributed by atoms with Crippen LogP contribution in [0.4, 0.5) is 0 Å². The van der Waals surface area contributed by atoms with E-state index in [0.29, 0.717) is 0 Å². The maximum absolute atomic E-state index is 10.4. The highest BCUT2D eigenvalue weighted by atomic mass is 16.4. The van der Waals surface area contributed by atoms with E-state index in [1.54, 1.807) is 0 Å². The van der Waals surface area contributed by atoms with Crippen molar-refractivity contribution in [2.75, 3.05) is 32.7 Å². The zero-order chi connectivity index (χ0) is 10.4. The molecule has 0 saturated carbocycles. The zero-order valence-electron chi connectivity index (χ0n) is 8.62. The second-order valence-electron chi connectivity index (χ2n) is 3.71. The average Bonchev–Trinajstić information content (AvgIpc) is 2.31. The fraction of sp³-hybridized carbons (Fsp3) is 0.700. The van der Waals surface area contributed by atoms with E-state index in [4.69, 9.17) is 5.11 Å². The van der Waals surface area contributed by atoms with Gasteiger partial charge in [-0.15, -0.1) is 0 Å². The Morgan fingerprint density at radius 2 is 2.29 bits per heavy atom. The molecule has 1 aliphatic rings. The summed E-state index contributed by atoms with van der Waals surface area (Å²) in [6, 6.07) is 0. The standard InChI is InChI=1S/C10H18N2O2/c1-9(7-10(13)14)8-12-5-2-3-11-4-6-12/h7,11H,2-6,8H2,1H3,(H,13,14)/b9-7+. The summed E-state index contributed by atoms with van der Waals surface area (Å²) in [5.41, 5.74) is 0.916. The minimum absolute atomic E-state index is 0.772. The van der Waals surface area contributed by atoms with Crippen LogP contribution in [-0.4, -0.2) is 48.7 Å². The minimum Gasteiger partial charge on any atom is -0.478 e. The zero-order valence-corrected chi connectivity index (χ0v) is 8.62. The summed E-state index contributed by atoms with van der Waals surface area (Å²) in [4.78, 5) is 12.7. The number of hydrogen-bond donors (Lipinski definition) is 2. The molecule has 0 radical (unpaired) electrons. The van der Waals surface area contributed by atoms with Crippen LogP contribution >= 0.6 is 0 Å². The molecule has 14 heavy (non-hydrogen) atoms. The molecule has 0 aliphatic carbocycles. The van der Waals surface area contributed by atoms with Crippen molar-refractivity contribution in [3.05, 3.63) is 11.6 Å². The van der Waals surface area contributed by atoms with E-state index in [1.165, 1.54) is 6.08 Å². The van der Waals surface area contributed by atoms with E-state index in [0.717, 1.165) is 44.7 Å². The normalized spacial score (nSPS) is 20.5. The number of hydrogen-bond acceptors (Lipinski definition) is 3. The largest absolute Gasteiger partial charge is 0.478 e. The van der Waals surface area contributed by atoms with Crippen molar-refractivity contribution in [1.82, 2.24) is 10.2 Å². The second-order valence-corrected chi connectivity index (χ2v) is 3.71. The fourth-order valence-corrected chi connectivity index (χ4v) is 1.67. The van der Waals surface area contributed by atoms with Gasteiger partial charge in [-0.25, -0.2) is 4.79 Å². The first-order valence-electron chi connectivity index (χ1n) is 5.01. The van der Waals surface area contributed by atoms with Crippen LogP contribution in [0.15, 0.2) is 11.6 Å². The Hall–Kier alpha value is -0.870. The van der Waals surface area contributed by atoms with Crippen LogP contribution in [0.1, 0.15) is 13.3 Å². The first kappa shape index (κ1) is 11.2. The molecule has 1 heterocycles. The van der Waals surface area contributed by atoms with Gasteiger partial charge in [0.2, 0.25) is 0 Å². The number of carboxylic acid groups (broad SMARTS) is 1. The summed E-state index contributed by atoms with van der Waals surface area (Å²) in [5, 5.41) is 11.9. The Kier molecular flexibility index (Phi) is 4.62. The Bertz CT molecular complexity index is 218. The lowest BCUT2D eigenvalue weighted by atomic mass is 10.2. The van der Waals surface area contributed by atoms with Gasteiger partial charge in [0.1, 0.15) is 0 Å². The van der Waals surface area contributed by atoms with E-state index in [-0.39, 0.29) is 0 Å². The Morgan fingerprint density at radius 3 is 3.00 bits per heavy atom. The highest BCUT2D eigenvalue weighted by molar-refractivity contribution is 5.80. The van der Waals surface area contributed by atoms with Crippen LogP contribution in [0.5, 0.6) is 0 Å².